The minimum atomic E-state index is 0.622. The number of benzene rings is 6. The molecule has 11 aromatic rings. The predicted molar refractivity (Wildman–Crippen MR) is 239 cm³/mol. The van der Waals surface area contributed by atoms with E-state index in [1.807, 2.05) is 78.9 Å². The van der Waals surface area contributed by atoms with Crippen molar-refractivity contribution in [1.29, 1.82) is 0 Å². The third-order valence-electron chi connectivity index (χ3n) is 10.2. The molecule has 5 aromatic heterocycles. The number of thiophene rings is 2. The summed E-state index contributed by atoms with van der Waals surface area (Å²) in [6, 6.07) is 45.9. The normalized spacial score (nSPS) is 12.1. The van der Waals surface area contributed by atoms with E-state index in [1.54, 1.807) is 28.7 Å². The molecule has 0 aliphatic heterocycles. The standard InChI is InChI=1S/C49H29N5OS2/c1-2-3-4-8-22-37-44-43(33-18-9-11-23-38(33)55-44)51-48(50-37)35-20-14-25-40-42(35)34-19-13-21-36(45(34)57-40)49-53-46(29-15-6-5-7-16-29)52-47(54-49)30-26-27-32-31-17-10-12-24-39(31)56-41(32)28-30/h2-28H,1H2/b4-3-,22-8+. The van der Waals surface area contributed by atoms with E-state index in [0.717, 1.165) is 58.9 Å². The fraction of sp³-hybridized carbons (Fsp3) is 0. The van der Waals surface area contributed by atoms with Crippen LogP contribution < -0.4 is 0 Å². The first-order chi connectivity index (χ1) is 28.2. The van der Waals surface area contributed by atoms with E-state index in [0.29, 0.717) is 34.6 Å². The molecule has 6 aromatic carbocycles. The fourth-order valence-corrected chi connectivity index (χ4v) is 9.94. The summed E-state index contributed by atoms with van der Waals surface area (Å²) >= 11 is 3.51. The van der Waals surface area contributed by atoms with Crippen molar-refractivity contribution in [2.75, 3.05) is 0 Å². The highest BCUT2D eigenvalue weighted by Gasteiger charge is 2.21. The van der Waals surface area contributed by atoms with Crippen LogP contribution in [-0.2, 0) is 0 Å². The van der Waals surface area contributed by atoms with E-state index in [2.05, 4.69) is 85.4 Å². The van der Waals surface area contributed by atoms with Crippen LogP contribution in [0.15, 0.2) is 169 Å². The SMILES string of the molecule is C=C/C=C\C=C\c1nc(-c2cccc3sc4c(-c5nc(-c6ccccc6)nc(-c6ccc7c(c6)sc6ccccc67)n5)cccc4c23)nc2c1oc1ccccc12. The maximum atomic E-state index is 6.32. The van der Waals surface area contributed by atoms with Crippen molar-refractivity contribution in [3.63, 3.8) is 0 Å². The Hall–Kier alpha value is -7.13. The molecule has 0 fully saturated rings. The minimum absolute atomic E-state index is 0.622. The van der Waals surface area contributed by atoms with E-state index in [1.165, 1.54) is 20.2 Å². The van der Waals surface area contributed by atoms with Crippen LogP contribution in [-0.4, -0.2) is 24.9 Å². The summed E-state index contributed by atoms with van der Waals surface area (Å²) in [6.45, 7) is 3.79. The first-order valence-electron chi connectivity index (χ1n) is 18.5. The molecule has 0 amide bonds. The summed E-state index contributed by atoms with van der Waals surface area (Å²) in [5.41, 5.74) is 6.67. The Morgan fingerprint density at radius 1 is 0.491 bits per heavy atom. The molecular formula is C49H29N5OS2. The van der Waals surface area contributed by atoms with Crippen molar-refractivity contribution in [3.05, 3.63) is 170 Å². The number of nitrogens with zero attached hydrogens (tertiary/aromatic N) is 5. The van der Waals surface area contributed by atoms with Crippen LogP contribution in [0, 0.1) is 0 Å². The molecule has 0 aliphatic carbocycles. The molecule has 0 N–H and O–H groups in total. The van der Waals surface area contributed by atoms with E-state index < -0.39 is 0 Å². The topological polar surface area (TPSA) is 77.6 Å². The number of para-hydroxylation sites is 1. The zero-order valence-corrected chi connectivity index (χ0v) is 31.9. The smallest absolute Gasteiger partial charge is 0.179 e. The summed E-state index contributed by atoms with van der Waals surface area (Å²) in [7, 11) is 0. The van der Waals surface area contributed by atoms with Crippen LogP contribution in [0.1, 0.15) is 5.69 Å². The zero-order chi connectivity index (χ0) is 37.9. The first kappa shape index (κ1) is 33.2. The lowest BCUT2D eigenvalue weighted by molar-refractivity contribution is 0.664. The molecule has 6 nitrogen and oxygen atoms in total. The van der Waals surface area contributed by atoms with Crippen molar-refractivity contribution in [2.24, 2.45) is 0 Å². The predicted octanol–water partition coefficient (Wildman–Crippen LogP) is 13.7. The van der Waals surface area contributed by atoms with Gasteiger partial charge in [-0.3, -0.25) is 0 Å². The highest BCUT2D eigenvalue weighted by molar-refractivity contribution is 7.26. The van der Waals surface area contributed by atoms with Crippen molar-refractivity contribution in [1.82, 2.24) is 24.9 Å². The molecule has 268 valence electrons. The Morgan fingerprint density at radius 3 is 2.09 bits per heavy atom. The average molecular weight is 768 g/mol. The van der Waals surface area contributed by atoms with Gasteiger partial charge in [0, 0.05) is 68.0 Å². The van der Waals surface area contributed by atoms with Crippen molar-refractivity contribution in [2.45, 2.75) is 0 Å². The van der Waals surface area contributed by atoms with Crippen molar-refractivity contribution < 1.29 is 4.42 Å². The molecule has 0 atom stereocenters. The number of allylic oxidation sites excluding steroid dienone is 4. The van der Waals surface area contributed by atoms with Gasteiger partial charge in [0.25, 0.3) is 0 Å². The second kappa shape index (κ2) is 13.6. The molecule has 0 radical (unpaired) electrons. The fourth-order valence-electron chi connectivity index (χ4n) is 7.55. The van der Waals surface area contributed by atoms with Crippen LogP contribution in [0.25, 0.3) is 114 Å². The summed E-state index contributed by atoms with van der Waals surface area (Å²) in [4.78, 5) is 25.7. The summed E-state index contributed by atoms with van der Waals surface area (Å²) in [5.74, 6) is 2.51. The third-order valence-corrected chi connectivity index (χ3v) is 12.5. The maximum absolute atomic E-state index is 6.32. The van der Waals surface area contributed by atoms with Crippen LogP contribution in [0.5, 0.6) is 0 Å². The van der Waals surface area contributed by atoms with Crippen LogP contribution in [0.4, 0.5) is 0 Å². The number of fused-ring (bicyclic) bond motifs is 9. The summed E-state index contributed by atoms with van der Waals surface area (Å²) < 4.78 is 11.0. The Morgan fingerprint density at radius 2 is 1.19 bits per heavy atom. The molecule has 0 bridgehead atoms. The lowest BCUT2D eigenvalue weighted by atomic mass is 10.0. The Labute approximate surface area is 334 Å². The molecule has 57 heavy (non-hydrogen) atoms. The lowest BCUT2D eigenvalue weighted by Crippen LogP contribution is -2.00. The highest BCUT2D eigenvalue weighted by atomic mass is 32.1. The van der Waals surface area contributed by atoms with Gasteiger partial charge in [0.05, 0.1) is 0 Å². The van der Waals surface area contributed by atoms with E-state index in [4.69, 9.17) is 29.3 Å². The van der Waals surface area contributed by atoms with Gasteiger partial charge in [-0.15, -0.1) is 22.7 Å². The van der Waals surface area contributed by atoms with Crippen LogP contribution in [0.3, 0.4) is 0 Å². The Kier molecular flexibility index (Phi) is 7.91. The number of aromatic nitrogens is 5. The monoisotopic (exact) mass is 767 g/mol. The van der Waals surface area contributed by atoms with Gasteiger partial charge in [0.1, 0.15) is 16.8 Å². The molecule has 0 saturated carbocycles. The molecule has 11 rings (SSSR count). The van der Waals surface area contributed by atoms with Gasteiger partial charge in [-0.1, -0.05) is 128 Å². The number of furan rings is 1. The van der Waals surface area contributed by atoms with Gasteiger partial charge < -0.3 is 4.42 Å². The molecule has 0 spiro atoms. The highest BCUT2D eigenvalue weighted by Crippen LogP contribution is 2.44. The minimum Gasteiger partial charge on any atom is -0.452 e. The van der Waals surface area contributed by atoms with Gasteiger partial charge in [-0.2, -0.15) is 0 Å². The molecule has 5 heterocycles. The van der Waals surface area contributed by atoms with E-state index >= 15 is 0 Å². The number of rotatable bonds is 7. The van der Waals surface area contributed by atoms with Gasteiger partial charge in [-0.25, -0.2) is 24.9 Å². The summed E-state index contributed by atoms with van der Waals surface area (Å²) in [6.07, 6.45) is 9.46. The Bertz CT molecular complexity index is 3450. The molecular weight excluding hydrogens is 739 g/mol. The molecule has 0 saturated heterocycles. The number of hydrogen-bond donors (Lipinski definition) is 0. The van der Waals surface area contributed by atoms with E-state index in [-0.39, 0.29) is 0 Å². The molecule has 0 aliphatic rings. The first-order valence-corrected chi connectivity index (χ1v) is 20.2. The zero-order valence-electron chi connectivity index (χ0n) is 30.3. The van der Waals surface area contributed by atoms with E-state index in [9.17, 15) is 0 Å². The lowest BCUT2D eigenvalue weighted by Gasteiger charge is -2.09. The molecule has 0 unspecified atom stereocenters. The van der Waals surface area contributed by atoms with Crippen LogP contribution >= 0.6 is 22.7 Å². The number of hydrogen-bond acceptors (Lipinski definition) is 8. The second-order valence-corrected chi connectivity index (χ2v) is 15.8. The quantitative estimate of drug-likeness (QED) is 0.150. The molecule has 8 heteroatoms. The van der Waals surface area contributed by atoms with Gasteiger partial charge in [0.2, 0.25) is 0 Å². The Balaban J connectivity index is 1.11. The van der Waals surface area contributed by atoms with Crippen molar-refractivity contribution in [3.8, 4) is 45.6 Å². The second-order valence-electron chi connectivity index (χ2n) is 13.6. The van der Waals surface area contributed by atoms with Gasteiger partial charge in [0.15, 0.2) is 28.9 Å². The van der Waals surface area contributed by atoms with Crippen LogP contribution in [0.2, 0.25) is 0 Å². The maximum Gasteiger partial charge on any atom is 0.179 e. The van der Waals surface area contributed by atoms with Gasteiger partial charge >= 0.3 is 0 Å². The van der Waals surface area contributed by atoms with Crippen molar-refractivity contribution >= 4 is 91.2 Å². The van der Waals surface area contributed by atoms with Gasteiger partial charge in [-0.05, 0) is 42.5 Å². The largest absolute Gasteiger partial charge is 0.452 e. The average Bonchev–Trinajstić information content (AvgIpc) is 3.96. The summed E-state index contributed by atoms with van der Waals surface area (Å²) in [5, 5.41) is 5.62. The third kappa shape index (κ3) is 5.65.